The highest BCUT2D eigenvalue weighted by molar-refractivity contribution is 9.10. The molecule has 0 bridgehead atoms. The third-order valence-corrected chi connectivity index (χ3v) is 5.28. The second-order valence-electron chi connectivity index (χ2n) is 5.74. The molecular formula is C18H14BrN3O3S. The van der Waals surface area contributed by atoms with Gasteiger partial charge >= 0.3 is 0 Å². The number of halogens is 1. The summed E-state index contributed by atoms with van der Waals surface area (Å²) in [6, 6.07) is 10.7. The highest BCUT2D eigenvalue weighted by atomic mass is 79.9. The Hall–Kier alpha value is -2.45. The number of nitro benzene ring substituents is 1. The maximum atomic E-state index is 12.2. The van der Waals surface area contributed by atoms with Crippen molar-refractivity contribution in [3.8, 4) is 0 Å². The van der Waals surface area contributed by atoms with Crippen LogP contribution < -0.4 is 5.32 Å². The quantitative estimate of drug-likeness (QED) is 0.426. The van der Waals surface area contributed by atoms with Crippen molar-refractivity contribution < 1.29 is 9.72 Å². The molecule has 2 aromatic rings. The SMILES string of the molecule is Cc1ccc(C)c(N=C2NC(=O)/C(=C/c3ccc(Br)c([N+](=O)[O-])c3)S2)c1. The molecule has 2 aromatic carbocycles. The van der Waals surface area contributed by atoms with Gasteiger partial charge in [-0.25, -0.2) is 4.99 Å². The summed E-state index contributed by atoms with van der Waals surface area (Å²) in [5.74, 6) is -0.273. The van der Waals surface area contributed by atoms with Crippen molar-refractivity contribution in [2.75, 3.05) is 0 Å². The van der Waals surface area contributed by atoms with Crippen LogP contribution in [0.5, 0.6) is 0 Å². The molecule has 0 unspecified atom stereocenters. The molecule has 1 aliphatic heterocycles. The Morgan fingerprint density at radius 1 is 1.23 bits per heavy atom. The number of nitro groups is 1. The molecule has 1 saturated heterocycles. The van der Waals surface area contributed by atoms with Gasteiger partial charge in [-0.2, -0.15) is 0 Å². The fourth-order valence-corrected chi connectivity index (χ4v) is 3.57. The number of amidine groups is 1. The number of aliphatic imine (C=N–C) groups is 1. The van der Waals surface area contributed by atoms with Gasteiger partial charge in [0.25, 0.3) is 11.6 Å². The predicted octanol–water partition coefficient (Wildman–Crippen LogP) is 4.87. The number of hydrogen-bond acceptors (Lipinski definition) is 5. The van der Waals surface area contributed by atoms with Gasteiger partial charge in [0.2, 0.25) is 0 Å². The summed E-state index contributed by atoms with van der Waals surface area (Å²) in [6.07, 6.45) is 1.62. The van der Waals surface area contributed by atoms with E-state index in [0.717, 1.165) is 16.8 Å². The van der Waals surface area contributed by atoms with Crippen molar-refractivity contribution in [2.24, 2.45) is 4.99 Å². The number of benzene rings is 2. The van der Waals surface area contributed by atoms with Crippen LogP contribution in [0.2, 0.25) is 0 Å². The lowest BCUT2D eigenvalue weighted by molar-refractivity contribution is -0.385. The second kappa shape index (κ2) is 7.43. The highest BCUT2D eigenvalue weighted by Crippen LogP contribution is 2.31. The van der Waals surface area contributed by atoms with E-state index >= 15 is 0 Å². The van der Waals surface area contributed by atoms with Gasteiger partial charge in [-0.05, 0) is 76.4 Å². The molecule has 1 heterocycles. The van der Waals surface area contributed by atoms with Gasteiger partial charge in [-0.3, -0.25) is 14.9 Å². The molecule has 0 saturated carbocycles. The van der Waals surface area contributed by atoms with Crippen LogP contribution in [0.3, 0.4) is 0 Å². The van der Waals surface area contributed by atoms with E-state index in [9.17, 15) is 14.9 Å². The van der Waals surface area contributed by atoms with Gasteiger partial charge in [0, 0.05) is 6.07 Å². The fourth-order valence-electron chi connectivity index (χ4n) is 2.34. The maximum Gasteiger partial charge on any atom is 0.284 e. The number of hydrogen-bond donors (Lipinski definition) is 1. The monoisotopic (exact) mass is 431 g/mol. The van der Waals surface area contributed by atoms with Crippen molar-refractivity contribution in [1.29, 1.82) is 0 Å². The molecule has 0 radical (unpaired) electrons. The van der Waals surface area contributed by atoms with E-state index in [1.165, 1.54) is 17.8 Å². The lowest BCUT2D eigenvalue weighted by Crippen LogP contribution is -2.19. The van der Waals surface area contributed by atoms with E-state index in [1.807, 2.05) is 32.0 Å². The highest BCUT2D eigenvalue weighted by Gasteiger charge is 2.24. The molecule has 0 aliphatic carbocycles. The molecule has 132 valence electrons. The molecule has 0 spiro atoms. The largest absolute Gasteiger partial charge is 0.300 e. The van der Waals surface area contributed by atoms with Gasteiger partial charge in [-0.1, -0.05) is 18.2 Å². The molecule has 8 heteroatoms. The average Bonchev–Trinajstić information content (AvgIpc) is 2.92. The zero-order chi connectivity index (χ0) is 18.8. The van der Waals surface area contributed by atoms with Crippen LogP contribution in [0, 0.1) is 24.0 Å². The minimum atomic E-state index is -0.471. The Bertz CT molecular complexity index is 986. The molecule has 3 rings (SSSR count). The molecular weight excluding hydrogens is 418 g/mol. The van der Waals surface area contributed by atoms with Crippen LogP contribution in [0.1, 0.15) is 16.7 Å². The van der Waals surface area contributed by atoms with Crippen molar-refractivity contribution in [3.63, 3.8) is 0 Å². The first kappa shape index (κ1) is 18.3. The van der Waals surface area contributed by atoms with E-state index in [2.05, 4.69) is 26.2 Å². The zero-order valence-electron chi connectivity index (χ0n) is 13.9. The van der Waals surface area contributed by atoms with E-state index in [1.54, 1.807) is 18.2 Å². The Morgan fingerprint density at radius 2 is 2.00 bits per heavy atom. The number of carbonyl (C=O) groups is 1. The molecule has 0 atom stereocenters. The van der Waals surface area contributed by atoms with Crippen molar-refractivity contribution >= 4 is 56.2 Å². The lowest BCUT2D eigenvalue weighted by atomic mass is 10.1. The summed E-state index contributed by atoms with van der Waals surface area (Å²) in [6.45, 7) is 3.94. The van der Waals surface area contributed by atoms with Crippen LogP contribution in [0.25, 0.3) is 6.08 Å². The van der Waals surface area contributed by atoms with Gasteiger partial charge in [0.05, 0.1) is 20.0 Å². The maximum absolute atomic E-state index is 12.2. The lowest BCUT2D eigenvalue weighted by Gasteiger charge is -2.02. The number of thioether (sulfide) groups is 1. The standard InChI is InChI=1S/C18H14BrN3O3S/c1-10-3-4-11(2)14(7-10)20-18-21-17(23)16(26-18)9-12-5-6-13(19)15(8-12)22(24)25/h3-9H,1-2H3,(H,20,21,23)/b16-9-. The van der Waals surface area contributed by atoms with Crippen molar-refractivity contribution in [3.05, 3.63) is 72.6 Å². The molecule has 1 aliphatic rings. The number of amides is 1. The molecule has 1 fully saturated rings. The minimum Gasteiger partial charge on any atom is -0.300 e. The first-order chi connectivity index (χ1) is 12.3. The summed E-state index contributed by atoms with van der Waals surface area (Å²) in [4.78, 5) is 27.7. The summed E-state index contributed by atoms with van der Waals surface area (Å²) in [5.41, 5.74) is 3.42. The number of aryl methyl sites for hydroxylation is 2. The van der Waals surface area contributed by atoms with Crippen molar-refractivity contribution in [2.45, 2.75) is 13.8 Å². The molecule has 0 aromatic heterocycles. The Morgan fingerprint density at radius 3 is 2.73 bits per heavy atom. The molecule has 1 amide bonds. The van der Waals surface area contributed by atoms with Gasteiger partial charge in [-0.15, -0.1) is 0 Å². The Kier molecular flexibility index (Phi) is 5.24. The number of nitrogens with zero attached hydrogens (tertiary/aromatic N) is 2. The topological polar surface area (TPSA) is 84.6 Å². The molecule has 6 nitrogen and oxygen atoms in total. The van der Waals surface area contributed by atoms with Gasteiger partial charge in [0.15, 0.2) is 5.17 Å². The summed E-state index contributed by atoms with van der Waals surface area (Å²) >= 11 is 4.36. The summed E-state index contributed by atoms with van der Waals surface area (Å²) in [5, 5.41) is 14.3. The Balaban J connectivity index is 1.89. The van der Waals surface area contributed by atoms with Crippen LogP contribution in [-0.2, 0) is 4.79 Å². The van der Waals surface area contributed by atoms with Crippen LogP contribution >= 0.6 is 27.7 Å². The first-order valence-electron chi connectivity index (χ1n) is 7.64. The summed E-state index contributed by atoms with van der Waals surface area (Å²) < 4.78 is 0.394. The van der Waals surface area contributed by atoms with Crippen molar-refractivity contribution in [1.82, 2.24) is 5.32 Å². The number of nitrogens with one attached hydrogen (secondary N) is 1. The second-order valence-corrected chi connectivity index (χ2v) is 7.62. The zero-order valence-corrected chi connectivity index (χ0v) is 16.3. The van der Waals surface area contributed by atoms with Gasteiger partial charge < -0.3 is 5.32 Å². The normalized spacial score (nSPS) is 17.0. The smallest absolute Gasteiger partial charge is 0.284 e. The third kappa shape index (κ3) is 4.03. The summed E-state index contributed by atoms with van der Waals surface area (Å²) in [7, 11) is 0. The molecule has 1 N–H and O–H groups in total. The third-order valence-electron chi connectivity index (χ3n) is 3.70. The fraction of sp³-hybridized carbons (Fsp3) is 0.111. The van der Waals surface area contributed by atoms with E-state index < -0.39 is 4.92 Å². The van der Waals surface area contributed by atoms with E-state index in [-0.39, 0.29) is 11.6 Å². The Labute approximate surface area is 162 Å². The molecule has 26 heavy (non-hydrogen) atoms. The van der Waals surface area contributed by atoms with Crippen LogP contribution in [0.4, 0.5) is 11.4 Å². The van der Waals surface area contributed by atoms with E-state index in [0.29, 0.717) is 20.1 Å². The van der Waals surface area contributed by atoms with Gasteiger partial charge in [0.1, 0.15) is 0 Å². The minimum absolute atomic E-state index is 0.0490. The van der Waals surface area contributed by atoms with E-state index in [4.69, 9.17) is 0 Å². The van der Waals surface area contributed by atoms with Crippen LogP contribution in [-0.4, -0.2) is 16.0 Å². The predicted molar refractivity (Wildman–Crippen MR) is 108 cm³/mol. The number of rotatable bonds is 3. The average molecular weight is 432 g/mol. The first-order valence-corrected chi connectivity index (χ1v) is 9.25. The number of carbonyl (C=O) groups excluding carboxylic acids is 1. The van der Waals surface area contributed by atoms with Crippen LogP contribution in [0.15, 0.2) is 50.8 Å².